The van der Waals surface area contributed by atoms with E-state index in [9.17, 15) is 18.5 Å². The zero-order valence-electron chi connectivity index (χ0n) is 12.2. The first-order valence-corrected chi connectivity index (χ1v) is 8.26. The summed E-state index contributed by atoms with van der Waals surface area (Å²) in [4.78, 5) is 9.98. The Hall–Kier alpha value is -1.22. The molecular formula is C13H20ClN3O4S. The number of sulfonamides is 1. The third kappa shape index (κ3) is 4.39. The molecule has 0 spiro atoms. The van der Waals surface area contributed by atoms with Crippen LogP contribution in [0.2, 0.25) is 0 Å². The molecule has 2 N–H and O–H groups in total. The number of piperidine rings is 1. The lowest BCUT2D eigenvalue weighted by Crippen LogP contribution is -2.42. The summed E-state index contributed by atoms with van der Waals surface area (Å²) >= 11 is 0. The Labute approximate surface area is 136 Å². The first-order valence-electron chi connectivity index (χ1n) is 6.78. The zero-order chi connectivity index (χ0) is 15.5. The average Bonchev–Trinajstić information content (AvgIpc) is 2.46. The molecule has 7 nitrogen and oxygen atoms in total. The molecule has 0 atom stereocenters. The van der Waals surface area contributed by atoms with E-state index in [1.165, 1.54) is 24.3 Å². The highest BCUT2D eigenvalue weighted by Crippen LogP contribution is 2.28. The van der Waals surface area contributed by atoms with Crippen molar-refractivity contribution in [3.63, 3.8) is 0 Å². The summed E-state index contributed by atoms with van der Waals surface area (Å²) in [5.41, 5.74) is -0.525. The molecule has 1 aromatic carbocycles. The molecule has 0 amide bonds. The van der Waals surface area contributed by atoms with Crippen molar-refractivity contribution in [2.75, 3.05) is 19.6 Å². The van der Waals surface area contributed by atoms with Crippen LogP contribution in [0.5, 0.6) is 0 Å². The molecule has 1 heterocycles. The van der Waals surface area contributed by atoms with Gasteiger partial charge >= 0.3 is 0 Å². The second kappa shape index (κ2) is 7.36. The molecule has 1 aliphatic heterocycles. The Morgan fingerprint density at radius 1 is 1.32 bits per heavy atom. The second-order valence-electron chi connectivity index (χ2n) is 5.61. The van der Waals surface area contributed by atoms with E-state index >= 15 is 0 Å². The van der Waals surface area contributed by atoms with Crippen LogP contribution < -0.4 is 10.0 Å². The van der Waals surface area contributed by atoms with Crippen molar-refractivity contribution in [2.24, 2.45) is 5.41 Å². The van der Waals surface area contributed by atoms with Gasteiger partial charge in [-0.1, -0.05) is 19.1 Å². The van der Waals surface area contributed by atoms with Crippen LogP contribution in [0.1, 0.15) is 19.8 Å². The number of nitro benzene ring substituents is 1. The summed E-state index contributed by atoms with van der Waals surface area (Å²) in [6.07, 6.45) is 1.73. The second-order valence-corrected chi connectivity index (χ2v) is 7.35. The summed E-state index contributed by atoms with van der Waals surface area (Å²) in [5.74, 6) is 0. The summed E-state index contributed by atoms with van der Waals surface area (Å²) < 4.78 is 27.1. The van der Waals surface area contributed by atoms with E-state index in [1.54, 1.807) is 0 Å². The van der Waals surface area contributed by atoms with Gasteiger partial charge in [0.25, 0.3) is 5.69 Å². The van der Waals surface area contributed by atoms with Crippen LogP contribution in [0.3, 0.4) is 0 Å². The van der Waals surface area contributed by atoms with Crippen molar-refractivity contribution in [1.29, 1.82) is 0 Å². The van der Waals surface area contributed by atoms with E-state index in [-0.39, 0.29) is 29.3 Å². The normalized spacial score (nSPS) is 17.5. The SMILES string of the molecule is CC1(CNS(=O)(=O)c2ccccc2[N+](=O)[O-])CCNCC1.Cl. The highest BCUT2D eigenvalue weighted by atomic mass is 35.5. The van der Waals surface area contributed by atoms with E-state index in [0.717, 1.165) is 25.9 Å². The topological polar surface area (TPSA) is 101 Å². The molecule has 0 saturated carbocycles. The Bertz CT molecular complexity index is 630. The minimum absolute atomic E-state index is 0. The predicted octanol–water partition coefficient (Wildman–Crippen LogP) is 1.68. The molecule has 1 fully saturated rings. The number of halogens is 1. The van der Waals surface area contributed by atoms with Gasteiger partial charge in [-0.25, -0.2) is 13.1 Å². The molecule has 0 aliphatic carbocycles. The van der Waals surface area contributed by atoms with Crippen LogP contribution >= 0.6 is 12.4 Å². The van der Waals surface area contributed by atoms with Gasteiger partial charge in [-0.3, -0.25) is 10.1 Å². The maximum Gasteiger partial charge on any atom is 0.289 e. The third-order valence-corrected chi connectivity index (χ3v) is 5.30. The summed E-state index contributed by atoms with van der Waals surface area (Å²) in [6.45, 7) is 4.01. The van der Waals surface area contributed by atoms with Crippen LogP contribution in [0, 0.1) is 15.5 Å². The Morgan fingerprint density at radius 2 is 1.91 bits per heavy atom. The van der Waals surface area contributed by atoms with E-state index in [0.29, 0.717) is 0 Å². The molecule has 0 bridgehead atoms. The molecule has 1 saturated heterocycles. The zero-order valence-corrected chi connectivity index (χ0v) is 13.9. The van der Waals surface area contributed by atoms with Crippen molar-refractivity contribution >= 4 is 28.1 Å². The summed E-state index contributed by atoms with van der Waals surface area (Å²) in [5, 5.41) is 14.2. The lowest BCUT2D eigenvalue weighted by molar-refractivity contribution is -0.387. The predicted molar refractivity (Wildman–Crippen MR) is 85.7 cm³/mol. The fourth-order valence-electron chi connectivity index (χ4n) is 2.39. The minimum Gasteiger partial charge on any atom is -0.317 e. The molecule has 1 aliphatic rings. The number of rotatable bonds is 5. The van der Waals surface area contributed by atoms with Crippen LogP contribution in [0.15, 0.2) is 29.2 Å². The summed E-state index contributed by atoms with van der Waals surface area (Å²) in [6, 6.07) is 5.38. The number of hydrogen-bond acceptors (Lipinski definition) is 5. The van der Waals surface area contributed by atoms with Crippen molar-refractivity contribution < 1.29 is 13.3 Å². The van der Waals surface area contributed by atoms with Crippen molar-refractivity contribution in [3.8, 4) is 0 Å². The standard InChI is InChI=1S/C13H19N3O4S.ClH/c1-13(6-8-14-9-7-13)10-15-21(19,20)12-5-3-2-4-11(12)16(17)18;/h2-5,14-15H,6-10H2,1H3;1H. The molecule has 22 heavy (non-hydrogen) atoms. The summed E-state index contributed by atoms with van der Waals surface area (Å²) in [7, 11) is -3.89. The first-order chi connectivity index (χ1) is 9.84. The largest absolute Gasteiger partial charge is 0.317 e. The van der Waals surface area contributed by atoms with Crippen LogP contribution in [-0.2, 0) is 10.0 Å². The monoisotopic (exact) mass is 349 g/mol. The Kier molecular flexibility index (Phi) is 6.30. The van der Waals surface area contributed by atoms with Gasteiger partial charge in [0.15, 0.2) is 4.90 Å². The van der Waals surface area contributed by atoms with Gasteiger partial charge in [0.05, 0.1) is 4.92 Å². The number of nitrogens with zero attached hydrogens (tertiary/aromatic N) is 1. The lowest BCUT2D eigenvalue weighted by Gasteiger charge is -2.34. The average molecular weight is 350 g/mol. The van der Waals surface area contributed by atoms with Gasteiger partial charge in [0.2, 0.25) is 10.0 Å². The Morgan fingerprint density at radius 3 is 2.50 bits per heavy atom. The van der Waals surface area contributed by atoms with Gasteiger partial charge in [0.1, 0.15) is 0 Å². The molecule has 0 radical (unpaired) electrons. The highest BCUT2D eigenvalue weighted by Gasteiger charge is 2.31. The molecule has 124 valence electrons. The molecule has 0 aromatic heterocycles. The van der Waals surface area contributed by atoms with Gasteiger partial charge in [-0.05, 0) is 37.4 Å². The van der Waals surface area contributed by atoms with Crippen LogP contribution in [0.25, 0.3) is 0 Å². The fourth-order valence-corrected chi connectivity index (χ4v) is 3.76. The van der Waals surface area contributed by atoms with Crippen LogP contribution in [-0.4, -0.2) is 33.0 Å². The van der Waals surface area contributed by atoms with E-state index < -0.39 is 20.6 Å². The number of para-hydroxylation sites is 1. The number of hydrogen-bond donors (Lipinski definition) is 2. The molecular weight excluding hydrogens is 330 g/mol. The van der Waals surface area contributed by atoms with E-state index in [2.05, 4.69) is 10.0 Å². The maximum atomic E-state index is 12.3. The van der Waals surface area contributed by atoms with Gasteiger partial charge in [-0.2, -0.15) is 0 Å². The molecule has 1 aromatic rings. The van der Waals surface area contributed by atoms with Crippen molar-refractivity contribution in [3.05, 3.63) is 34.4 Å². The first kappa shape index (κ1) is 18.8. The molecule has 9 heteroatoms. The quantitative estimate of drug-likeness (QED) is 0.622. The number of nitrogens with one attached hydrogen (secondary N) is 2. The van der Waals surface area contributed by atoms with Crippen molar-refractivity contribution in [1.82, 2.24) is 10.0 Å². The van der Waals surface area contributed by atoms with Crippen LogP contribution in [0.4, 0.5) is 5.69 Å². The minimum atomic E-state index is -3.89. The van der Waals surface area contributed by atoms with Gasteiger partial charge in [0, 0.05) is 12.6 Å². The molecule has 2 rings (SSSR count). The van der Waals surface area contributed by atoms with Gasteiger partial charge < -0.3 is 5.32 Å². The highest BCUT2D eigenvalue weighted by molar-refractivity contribution is 7.89. The van der Waals surface area contributed by atoms with Crippen molar-refractivity contribution in [2.45, 2.75) is 24.7 Å². The van der Waals surface area contributed by atoms with Gasteiger partial charge in [-0.15, -0.1) is 12.4 Å². The fraction of sp³-hybridized carbons (Fsp3) is 0.538. The number of nitro groups is 1. The maximum absolute atomic E-state index is 12.3. The van der Waals surface area contributed by atoms with E-state index in [4.69, 9.17) is 0 Å². The van der Waals surface area contributed by atoms with E-state index in [1.807, 2.05) is 6.92 Å². The number of benzene rings is 1. The molecule has 0 unspecified atom stereocenters. The third-order valence-electron chi connectivity index (χ3n) is 3.85. The lowest BCUT2D eigenvalue weighted by atomic mass is 9.81. The Balaban J connectivity index is 0.00000242. The smallest absolute Gasteiger partial charge is 0.289 e.